The van der Waals surface area contributed by atoms with E-state index in [9.17, 15) is 4.79 Å². The van der Waals surface area contributed by atoms with Crippen LogP contribution in [0, 0.1) is 17.3 Å². The Balaban J connectivity index is 1.65. The molecule has 1 aromatic rings. The van der Waals surface area contributed by atoms with Crippen LogP contribution >= 0.6 is 0 Å². The van der Waals surface area contributed by atoms with Crippen LogP contribution in [0.2, 0.25) is 0 Å². The molecule has 0 saturated heterocycles. The third-order valence-corrected chi connectivity index (χ3v) is 9.34. The van der Waals surface area contributed by atoms with E-state index in [0.717, 1.165) is 44.1 Å². The van der Waals surface area contributed by atoms with Crippen LogP contribution in [0.4, 0.5) is 0 Å². The van der Waals surface area contributed by atoms with Crippen LogP contribution in [-0.2, 0) is 14.3 Å². The maximum absolute atomic E-state index is 12.2. The van der Waals surface area contributed by atoms with Crippen LogP contribution in [0.5, 0.6) is 0 Å². The molecule has 5 rings (SSSR count). The summed E-state index contributed by atoms with van der Waals surface area (Å²) >= 11 is 0. The van der Waals surface area contributed by atoms with Gasteiger partial charge in [-0.25, -0.2) is 0 Å². The minimum Gasteiger partial charge on any atom is -0.411 e. The summed E-state index contributed by atoms with van der Waals surface area (Å²) in [6.07, 6.45) is 10.2. The van der Waals surface area contributed by atoms with Crippen LogP contribution in [-0.4, -0.2) is 43.6 Å². The van der Waals surface area contributed by atoms with Gasteiger partial charge < -0.3 is 14.7 Å². The second kappa shape index (κ2) is 8.52. The second-order valence-electron chi connectivity index (χ2n) is 10.6. The predicted octanol–water partition coefficient (Wildman–Crippen LogP) is 5.43. The highest BCUT2D eigenvalue weighted by atomic mass is 16.5. The van der Waals surface area contributed by atoms with Crippen molar-refractivity contribution in [3.63, 3.8) is 0 Å². The summed E-state index contributed by atoms with van der Waals surface area (Å²) in [5, 5.41) is 12.1. The van der Waals surface area contributed by atoms with E-state index in [1.165, 1.54) is 22.9 Å². The third-order valence-electron chi connectivity index (χ3n) is 9.34. The molecule has 2 saturated carbocycles. The molecule has 4 aliphatic carbocycles. The molecule has 5 heteroatoms. The van der Waals surface area contributed by atoms with Crippen LogP contribution < -0.4 is 0 Å². The lowest BCUT2D eigenvalue weighted by Crippen LogP contribution is -2.54. The molecule has 0 radical (unpaired) electrons. The van der Waals surface area contributed by atoms with Crippen molar-refractivity contribution in [1.29, 1.82) is 0 Å². The number of carbonyl (C=O) groups is 1. The molecule has 0 unspecified atom stereocenters. The smallest absolute Gasteiger partial charge is 0.156 e. The van der Waals surface area contributed by atoms with Gasteiger partial charge in [-0.2, -0.15) is 0 Å². The van der Waals surface area contributed by atoms with Crippen molar-refractivity contribution in [3.8, 4) is 0 Å². The molecule has 0 spiro atoms. The Morgan fingerprint density at radius 3 is 2.64 bits per heavy atom. The molecule has 0 aliphatic heterocycles. The zero-order valence-corrected chi connectivity index (χ0v) is 20.0. The molecule has 5 nitrogen and oxygen atoms in total. The van der Waals surface area contributed by atoms with E-state index < -0.39 is 0 Å². The van der Waals surface area contributed by atoms with Crippen LogP contribution in [0.15, 0.2) is 52.2 Å². The summed E-state index contributed by atoms with van der Waals surface area (Å²) < 4.78 is 12.0. The van der Waals surface area contributed by atoms with Gasteiger partial charge in [-0.15, -0.1) is 0 Å². The SMILES string of the molecule is COC[C@]1(OC)CC[C@H]2[C@@H]3CCC4=CC(=O)CCC4=C3[C@@H](c3ccc(/C=N\O)cc3)C[C@@]21C. The van der Waals surface area contributed by atoms with Crippen molar-refractivity contribution in [2.45, 2.75) is 63.4 Å². The molecule has 4 aliphatic rings. The van der Waals surface area contributed by atoms with Gasteiger partial charge in [-0.3, -0.25) is 4.79 Å². The number of methoxy groups -OCH3 is 2. The van der Waals surface area contributed by atoms with Crippen molar-refractivity contribution >= 4 is 12.0 Å². The monoisotopic (exact) mass is 449 g/mol. The first kappa shape index (κ1) is 22.5. The average Bonchev–Trinajstić information content (AvgIpc) is 3.11. The summed E-state index contributed by atoms with van der Waals surface area (Å²) in [5.41, 5.74) is 6.23. The van der Waals surface area contributed by atoms with Gasteiger partial charge in [0.15, 0.2) is 5.78 Å². The zero-order chi connectivity index (χ0) is 23.2. The van der Waals surface area contributed by atoms with E-state index in [1.807, 2.05) is 25.3 Å². The van der Waals surface area contributed by atoms with E-state index in [1.54, 1.807) is 12.7 Å². The first-order chi connectivity index (χ1) is 16.0. The maximum Gasteiger partial charge on any atom is 0.156 e. The normalized spacial score (nSPS) is 35.9. The van der Waals surface area contributed by atoms with E-state index in [0.29, 0.717) is 24.9 Å². The van der Waals surface area contributed by atoms with Gasteiger partial charge in [-0.1, -0.05) is 41.9 Å². The van der Waals surface area contributed by atoms with E-state index >= 15 is 0 Å². The Morgan fingerprint density at radius 2 is 1.94 bits per heavy atom. The number of rotatable bonds is 5. The van der Waals surface area contributed by atoms with E-state index in [2.05, 4.69) is 24.2 Å². The molecule has 0 heterocycles. The van der Waals surface area contributed by atoms with Gasteiger partial charge in [0.1, 0.15) is 0 Å². The summed E-state index contributed by atoms with van der Waals surface area (Å²) in [4.78, 5) is 12.2. The molecule has 0 aromatic heterocycles. The molecule has 1 N–H and O–H groups in total. The molecular formula is C28H35NO4. The highest BCUT2D eigenvalue weighted by Gasteiger charge is 2.63. The fourth-order valence-corrected chi connectivity index (χ4v) is 7.78. The van der Waals surface area contributed by atoms with Crippen molar-refractivity contribution in [2.24, 2.45) is 22.4 Å². The topological polar surface area (TPSA) is 68.1 Å². The van der Waals surface area contributed by atoms with Gasteiger partial charge in [0, 0.05) is 32.0 Å². The number of hydrogen-bond acceptors (Lipinski definition) is 5. The summed E-state index contributed by atoms with van der Waals surface area (Å²) in [5.74, 6) is 1.64. The summed E-state index contributed by atoms with van der Waals surface area (Å²) in [6.45, 7) is 3.05. The second-order valence-corrected chi connectivity index (χ2v) is 10.6. The minimum absolute atomic E-state index is 0.00802. The Morgan fingerprint density at radius 1 is 1.15 bits per heavy atom. The molecule has 2 fully saturated rings. The van der Waals surface area contributed by atoms with E-state index in [4.69, 9.17) is 14.7 Å². The highest BCUT2D eigenvalue weighted by Crippen LogP contribution is 2.67. The van der Waals surface area contributed by atoms with Gasteiger partial charge in [0.25, 0.3) is 0 Å². The number of hydrogen-bond donors (Lipinski definition) is 1. The van der Waals surface area contributed by atoms with Crippen LogP contribution in [0.25, 0.3) is 0 Å². The summed E-state index contributed by atoms with van der Waals surface area (Å²) in [7, 11) is 3.64. The van der Waals surface area contributed by atoms with Crippen molar-refractivity contribution in [2.75, 3.05) is 20.8 Å². The Kier molecular flexibility index (Phi) is 5.82. The van der Waals surface area contributed by atoms with Gasteiger partial charge >= 0.3 is 0 Å². The fraction of sp³-hybridized carbons (Fsp3) is 0.571. The lowest BCUT2D eigenvalue weighted by atomic mass is 9.51. The Hall–Kier alpha value is -2.24. The number of nitrogens with zero attached hydrogens (tertiary/aromatic N) is 1. The average molecular weight is 450 g/mol. The molecule has 176 valence electrons. The maximum atomic E-state index is 12.2. The highest BCUT2D eigenvalue weighted by molar-refractivity contribution is 5.93. The lowest BCUT2D eigenvalue weighted by Gasteiger charge is -2.55. The standard InChI is InChI=1S/C28H35NO4/c1-27-15-24(19-6-4-18(5-7-19)16-29-31)26-22-11-9-21(30)14-20(22)8-10-23(26)25(27)12-13-28(27,33-3)17-32-2/h4-7,14,16,23-25,31H,8-13,15,17H2,1-3H3/b29-16-/t23-,24+,25-,27-,28+/m0/s1. The number of ketones is 1. The van der Waals surface area contributed by atoms with Gasteiger partial charge in [0.2, 0.25) is 0 Å². The Bertz CT molecular complexity index is 1020. The first-order valence-corrected chi connectivity index (χ1v) is 12.2. The van der Waals surface area contributed by atoms with Crippen molar-refractivity contribution in [1.82, 2.24) is 0 Å². The van der Waals surface area contributed by atoms with Gasteiger partial charge in [0.05, 0.1) is 18.4 Å². The van der Waals surface area contributed by atoms with Crippen molar-refractivity contribution < 1.29 is 19.5 Å². The molecule has 33 heavy (non-hydrogen) atoms. The number of fused-ring (bicyclic) bond motifs is 4. The number of allylic oxidation sites excluding steroid dienone is 4. The number of ether oxygens (including phenoxy) is 2. The Labute approximate surface area is 196 Å². The number of benzene rings is 1. The lowest BCUT2D eigenvalue weighted by molar-refractivity contribution is -0.149. The molecule has 0 amide bonds. The van der Waals surface area contributed by atoms with E-state index in [-0.39, 0.29) is 22.7 Å². The minimum atomic E-state index is -0.275. The molecule has 0 bridgehead atoms. The quantitative estimate of drug-likeness (QED) is 0.370. The van der Waals surface area contributed by atoms with Crippen LogP contribution in [0.3, 0.4) is 0 Å². The number of carbonyl (C=O) groups excluding carboxylic acids is 1. The molecule has 1 aromatic carbocycles. The first-order valence-electron chi connectivity index (χ1n) is 12.2. The fourth-order valence-electron chi connectivity index (χ4n) is 7.78. The van der Waals surface area contributed by atoms with Crippen molar-refractivity contribution in [3.05, 3.63) is 58.2 Å². The summed E-state index contributed by atoms with van der Waals surface area (Å²) in [6, 6.07) is 8.42. The zero-order valence-electron chi connectivity index (χ0n) is 20.0. The molecule has 5 atom stereocenters. The third kappa shape index (κ3) is 3.43. The largest absolute Gasteiger partial charge is 0.411 e. The predicted molar refractivity (Wildman–Crippen MR) is 128 cm³/mol. The molecular weight excluding hydrogens is 414 g/mol. The van der Waals surface area contributed by atoms with Crippen LogP contribution in [0.1, 0.15) is 68.9 Å². The number of oxime groups is 1. The van der Waals surface area contributed by atoms with Gasteiger partial charge in [-0.05, 0) is 78.7 Å².